The zero-order chi connectivity index (χ0) is 13.9. The quantitative estimate of drug-likeness (QED) is 0.669. The lowest BCUT2D eigenvalue weighted by Crippen LogP contribution is -2.39. The minimum Gasteiger partial charge on any atom is -0.417 e. The van der Waals surface area contributed by atoms with Crippen LogP contribution in [0.15, 0.2) is 24.3 Å². The number of para-hydroxylation sites is 1. The van der Waals surface area contributed by atoms with Crippen LogP contribution in [0.1, 0.15) is 10.4 Å². The predicted molar refractivity (Wildman–Crippen MR) is 67.9 cm³/mol. The van der Waals surface area contributed by atoms with Crippen molar-refractivity contribution in [3.8, 4) is 5.75 Å². The summed E-state index contributed by atoms with van der Waals surface area (Å²) in [6.07, 6.45) is 0. The molecule has 0 fully saturated rings. The van der Waals surface area contributed by atoms with E-state index >= 15 is 0 Å². The summed E-state index contributed by atoms with van der Waals surface area (Å²) in [5.41, 5.74) is 0.307. The molecule has 1 aromatic carbocycles. The first-order valence-electron chi connectivity index (χ1n) is 5.79. The van der Waals surface area contributed by atoms with E-state index in [4.69, 9.17) is 14.7 Å². The SMILES string of the molecule is O=C1NP(=O)(N(CCO)CCO)Oc2ccccc21. The number of amides is 1. The van der Waals surface area contributed by atoms with Crippen molar-refractivity contribution in [3.63, 3.8) is 0 Å². The van der Waals surface area contributed by atoms with Gasteiger partial charge in [0.1, 0.15) is 5.75 Å². The summed E-state index contributed by atoms with van der Waals surface area (Å²) >= 11 is 0. The molecule has 0 saturated heterocycles. The summed E-state index contributed by atoms with van der Waals surface area (Å²) in [6.45, 7) is -0.462. The Morgan fingerprint density at radius 3 is 2.47 bits per heavy atom. The standard InChI is InChI=1S/C11H15N2O5P/c14-7-5-13(6-8-15)19(17)12-11(16)9-3-1-2-4-10(9)18-19/h1-4,14-15H,5-8H2,(H,12,16,17). The minimum absolute atomic E-state index is 0.0281. The molecular weight excluding hydrogens is 271 g/mol. The number of benzene rings is 1. The van der Waals surface area contributed by atoms with Crippen LogP contribution in [0.5, 0.6) is 5.75 Å². The van der Waals surface area contributed by atoms with Crippen molar-refractivity contribution in [1.82, 2.24) is 9.76 Å². The van der Waals surface area contributed by atoms with Gasteiger partial charge in [-0.05, 0) is 12.1 Å². The van der Waals surface area contributed by atoms with Crippen molar-refractivity contribution in [3.05, 3.63) is 29.8 Å². The third kappa shape index (κ3) is 2.79. The number of carbonyl (C=O) groups excluding carboxylic acids is 1. The summed E-state index contributed by atoms with van der Waals surface area (Å²) in [5.74, 6) is -0.262. The van der Waals surface area contributed by atoms with E-state index in [1.165, 1.54) is 4.67 Å². The van der Waals surface area contributed by atoms with E-state index in [9.17, 15) is 9.36 Å². The van der Waals surface area contributed by atoms with Gasteiger partial charge in [-0.15, -0.1) is 0 Å². The number of carbonyl (C=O) groups is 1. The van der Waals surface area contributed by atoms with Crippen LogP contribution in [0.25, 0.3) is 0 Å². The molecule has 1 aliphatic heterocycles. The molecule has 1 heterocycles. The number of hydrogen-bond donors (Lipinski definition) is 3. The van der Waals surface area contributed by atoms with E-state index in [-0.39, 0.29) is 32.1 Å². The van der Waals surface area contributed by atoms with Crippen LogP contribution >= 0.6 is 7.67 Å². The lowest BCUT2D eigenvalue weighted by molar-refractivity contribution is 0.0958. The minimum atomic E-state index is -3.63. The maximum Gasteiger partial charge on any atom is 0.422 e. The van der Waals surface area contributed by atoms with Crippen LogP contribution in [-0.4, -0.2) is 47.1 Å². The van der Waals surface area contributed by atoms with E-state index < -0.39 is 13.6 Å². The Hall–Kier alpha value is -1.40. The van der Waals surface area contributed by atoms with Crippen molar-refractivity contribution in [2.24, 2.45) is 0 Å². The number of aliphatic hydroxyl groups excluding tert-OH is 2. The van der Waals surface area contributed by atoms with E-state index in [2.05, 4.69) is 5.09 Å². The van der Waals surface area contributed by atoms with Gasteiger partial charge in [0.25, 0.3) is 5.91 Å². The molecule has 2 rings (SSSR count). The van der Waals surface area contributed by atoms with Gasteiger partial charge in [0.05, 0.1) is 18.8 Å². The van der Waals surface area contributed by atoms with Gasteiger partial charge in [0.15, 0.2) is 0 Å². The highest BCUT2D eigenvalue weighted by atomic mass is 31.2. The molecule has 0 saturated carbocycles. The average molecular weight is 286 g/mol. The molecule has 7 nitrogen and oxygen atoms in total. The van der Waals surface area contributed by atoms with Crippen molar-refractivity contribution < 1.29 is 24.1 Å². The number of nitrogens with one attached hydrogen (secondary N) is 1. The Bertz CT molecular complexity index is 516. The molecule has 1 atom stereocenters. The predicted octanol–water partition coefficient (Wildman–Crippen LogP) is 0.203. The second-order valence-corrected chi connectivity index (χ2v) is 5.96. The molecule has 3 N–H and O–H groups in total. The summed E-state index contributed by atoms with van der Waals surface area (Å²) in [6, 6.07) is 6.47. The van der Waals surface area contributed by atoms with Gasteiger partial charge in [-0.25, -0.2) is 4.57 Å². The van der Waals surface area contributed by atoms with Gasteiger partial charge >= 0.3 is 7.67 Å². The molecule has 1 amide bonds. The van der Waals surface area contributed by atoms with Gasteiger partial charge < -0.3 is 14.7 Å². The molecule has 1 unspecified atom stereocenters. The Balaban J connectivity index is 2.31. The monoisotopic (exact) mass is 286 g/mol. The van der Waals surface area contributed by atoms with E-state index in [1.54, 1.807) is 24.3 Å². The van der Waals surface area contributed by atoms with Crippen LogP contribution in [0.4, 0.5) is 0 Å². The number of nitrogens with zero attached hydrogens (tertiary/aromatic N) is 1. The van der Waals surface area contributed by atoms with E-state index in [0.717, 1.165) is 0 Å². The second kappa shape index (κ2) is 5.71. The summed E-state index contributed by atoms with van der Waals surface area (Å²) < 4.78 is 19.3. The number of fused-ring (bicyclic) bond motifs is 1. The maximum atomic E-state index is 12.6. The fourth-order valence-corrected chi connectivity index (χ4v) is 3.62. The maximum absolute atomic E-state index is 12.6. The largest absolute Gasteiger partial charge is 0.422 e. The van der Waals surface area contributed by atoms with Gasteiger partial charge in [-0.3, -0.25) is 9.88 Å². The van der Waals surface area contributed by atoms with Crippen LogP contribution < -0.4 is 9.61 Å². The third-order valence-electron chi connectivity index (χ3n) is 2.69. The van der Waals surface area contributed by atoms with Gasteiger partial charge in [0.2, 0.25) is 0 Å². The Labute approximate surface area is 110 Å². The smallest absolute Gasteiger partial charge is 0.417 e. The average Bonchev–Trinajstić information content (AvgIpc) is 2.38. The third-order valence-corrected chi connectivity index (χ3v) is 4.76. The zero-order valence-corrected chi connectivity index (χ0v) is 11.0. The van der Waals surface area contributed by atoms with Crippen molar-refractivity contribution >= 4 is 13.6 Å². The molecular formula is C11H15N2O5P. The fourth-order valence-electron chi connectivity index (χ4n) is 1.81. The van der Waals surface area contributed by atoms with Gasteiger partial charge in [-0.2, -0.15) is 4.67 Å². The molecule has 0 aliphatic carbocycles. The van der Waals surface area contributed by atoms with Crippen LogP contribution in [0, 0.1) is 0 Å². The molecule has 104 valence electrons. The van der Waals surface area contributed by atoms with Gasteiger partial charge in [0, 0.05) is 13.1 Å². The number of rotatable bonds is 5. The Morgan fingerprint density at radius 2 is 1.84 bits per heavy atom. The summed E-state index contributed by atoms with van der Waals surface area (Å²) in [7, 11) is -3.63. The molecule has 8 heteroatoms. The lowest BCUT2D eigenvalue weighted by atomic mass is 10.2. The Morgan fingerprint density at radius 1 is 1.21 bits per heavy atom. The van der Waals surface area contributed by atoms with E-state index in [1.807, 2.05) is 0 Å². The van der Waals surface area contributed by atoms with E-state index in [0.29, 0.717) is 5.56 Å². The normalized spacial score (nSPS) is 21.7. The van der Waals surface area contributed by atoms with Gasteiger partial charge in [-0.1, -0.05) is 12.1 Å². The first-order chi connectivity index (χ1) is 9.10. The number of hydrogen-bond acceptors (Lipinski definition) is 5. The molecule has 1 aliphatic rings. The topological polar surface area (TPSA) is 99.1 Å². The molecule has 19 heavy (non-hydrogen) atoms. The van der Waals surface area contributed by atoms with Crippen molar-refractivity contribution in [1.29, 1.82) is 0 Å². The molecule has 0 aromatic heterocycles. The first-order valence-corrected chi connectivity index (χ1v) is 7.37. The summed E-state index contributed by atoms with van der Waals surface area (Å²) in [5, 5.41) is 20.2. The molecule has 0 radical (unpaired) electrons. The number of aliphatic hydroxyl groups is 2. The van der Waals surface area contributed by atoms with Crippen LogP contribution in [0.2, 0.25) is 0 Å². The fraction of sp³-hybridized carbons (Fsp3) is 0.364. The Kier molecular flexibility index (Phi) is 4.21. The summed E-state index contributed by atoms with van der Waals surface area (Å²) in [4.78, 5) is 11.9. The first kappa shape index (κ1) is 14.0. The molecule has 1 aromatic rings. The van der Waals surface area contributed by atoms with Crippen molar-refractivity contribution in [2.45, 2.75) is 0 Å². The lowest BCUT2D eigenvalue weighted by Gasteiger charge is -2.33. The zero-order valence-electron chi connectivity index (χ0n) is 10.2. The van der Waals surface area contributed by atoms with Crippen LogP contribution in [0.3, 0.4) is 0 Å². The highest BCUT2D eigenvalue weighted by molar-refractivity contribution is 7.55. The highest BCUT2D eigenvalue weighted by Crippen LogP contribution is 2.50. The molecule has 0 bridgehead atoms. The highest BCUT2D eigenvalue weighted by Gasteiger charge is 2.40. The van der Waals surface area contributed by atoms with Crippen molar-refractivity contribution in [2.75, 3.05) is 26.3 Å². The van der Waals surface area contributed by atoms with Crippen LogP contribution in [-0.2, 0) is 4.57 Å². The second-order valence-electron chi connectivity index (χ2n) is 3.95. The molecule has 0 spiro atoms.